The number of aryl methyl sites for hydroxylation is 1. The number of aromatic nitrogens is 1. The highest BCUT2D eigenvalue weighted by molar-refractivity contribution is 6.08. The van der Waals surface area contributed by atoms with E-state index in [0.29, 0.717) is 29.8 Å². The largest absolute Gasteiger partial charge is 0.480 e. The van der Waals surface area contributed by atoms with Crippen LogP contribution in [0.1, 0.15) is 57.8 Å². The summed E-state index contributed by atoms with van der Waals surface area (Å²) in [5, 5.41) is 12.0. The van der Waals surface area contributed by atoms with Crippen molar-refractivity contribution in [3.63, 3.8) is 0 Å². The normalized spacial score (nSPS) is 12.1. The van der Waals surface area contributed by atoms with Crippen molar-refractivity contribution >= 4 is 23.7 Å². The third-order valence-electron chi connectivity index (χ3n) is 5.45. The molecule has 1 aromatic heterocycles. The molecule has 0 unspecified atom stereocenters. The summed E-state index contributed by atoms with van der Waals surface area (Å²) < 4.78 is 1.87. The molecule has 0 aliphatic heterocycles. The first-order valence-electron chi connectivity index (χ1n) is 11.3. The Bertz CT molecular complexity index is 1190. The van der Waals surface area contributed by atoms with E-state index >= 15 is 0 Å². The fourth-order valence-electron chi connectivity index (χ4n) is 3.65. The lowest BCUT2D eigenvalue weighted by atomic mass is 10.0. The maximum Gasteiger partial charge on any atom is 0.326 e. The molecule has 0 bridgehead atoms. The van der Waals surface area contributed by atoms with Crippen LogP contribution in [-0.2, 0) is 11.3 Å². The van der Waals surface area contributed by atoms with E-state index in [0.717, 1.165) is 11.1 Å². The Balaban J connectivity index is 1.68. The number of hydrogen-bond acceptors (Lipinski definition) is 3. The molecule has 0 aliphatic rings. The van der Waals surface area contributed by atoms with E-state index in [4.69, 9.17) is 0 Å². The van der Waals surface area contributed by atoms with Gasteiger partial charge in [0.05, 0.1) is 5.69 Å². The van der Waals surface area contributed by atoms with Crippen LogP contribution in [-0.4, -0.2) is 33.4 Å². The van der Waals surface area contributed by atoms with Gasteiger partial charge in [0.2, 0.25) is 5.78 Å². The van der Waals surface area contributed by atoms with Crippen molar-refractivity contribution in [2.24, 2.45) is 5.92 Å². The molecule has 6 nitrogen and oxygen atoms in total. The van der Waals surface area contributed by atoms with Gasteiger partial charge < -0.3 is 15.0 Å². The van der Waals surface area contributed by atoms with Gasteiger partial charge >= 0.3 is 5.97 Å². The van der Waals surface area contributed by atoms with E-state index < -0.39 is 17.9 Å². The summed E-state index contributed by atoms with van der Waals surface area (Å²) in [5.41, 5.74) is 3.55. The number of ketones is 1. The van der Waals surface area contributed by atoms with E-state index in [2.05, 4.69) is 5.32 Å². The van der Waals surface area contributed by atoms with Gasteiger partial charge in [-0.25, -0.2) is 4.79 Å². The molecular formula is C28H30N2O4. The van der Waals surface area contributed by atoms with Crippen molar-refractivity contribution in [1.82, 2.24) is 9.88 Å². The predicted molar refractivity (Wildman–Crippen MR) is 133 cm³/mol. The lowest BCUT2D eigenvalue weighted by Crippen LogP contribution is -2.41. The number of carbonyl (C=O) groups is 3. The number of rotatable bonds is 10. The Kier molecular flexibility index (Phi) is 8.19. The van der Waals surface area contributed by atoms with Gasteiger partial charge in [-0.1, -0.05) is 68.0 Å². The molecule has 0 saturated heterocycles. The zero-order chi connectivity index (χ0) is 24.7. The first kappa shape index (κ1) is 24.7. The maximum absolute atomic E-state index is 12.9. The third kappa shape index (κ3) is 6.54. The summed E-state index contributed by atoms with van der Waals surface area (Å²) in [5.74, 6) is -1.35. The van der Waals surface area contributed by atoms with Crippen LogP contribution in [0.5, 0.6) is 0 Å². The quantitative estimate of drug-likeness (QED) is 0.420. The molecule has 1 amide bonds. The van der Waals surface area contributed by atoms with Crippen LogP contribution in [0.15, 0.2) is 72.9 Å². The highest BCUT2D eigenvalue weighted by atomic mass is 16.4. The molecule has 1 heterocycles. The monoisotopic (exact) mass is 458 g/mol. The van der Waals surface area contributed by atoms with E-state index in [1.807, 2.05) is 80.1 Å². The molecule has 34 heavy (non-hydrogen) atoms. The molecular weight excluding hydrogens is 428 g/mol. The molecule has 2 N–H and O–H groups in total. The number of benzene rings is 2. The van der Waals surface area contributed by atoms with E-state index in [-0.39, 0.29) is 11.7 Å². The maximum atomic E-state index is 12.9. The van der Waals surface area contributed by atoms with Crippen LogP contribution in [0.4, 0.5) is 0 Å². The van der Waals surface area contributed by atoms with Gasteiger partial charge in [0, 0.05) is 23.9 Å². The molecule has 0 radical (unpaired) electrons. The summed E-state index contributed by atoms with van der Waals surface area (Å²) >= 11 is 0. The smallest absolute Gasteiger partial charge is 0.326 e. The molecule has 0 fully saturated rings. The Hall–Kier alpha value is -3.93. The number of amides is 1. The average Bonchev–Trinajstić information content (AvgIpc) is 3.27. The number of carbonyl (C=O) groups excluding carboxylic acids is 2. The highest BCUT2D eigenvalue weighted by Gasteiger charge is 2.21. The van der Waals surface area contributed by atoms with Crippen molar-refractivity contribution in [2.45, 2.75) is 39.8 Å². The lowest BCUT2D eigenvalue weighted by Gasteiger charge is -2.16. The van der Waals surface area contributed by atoms with Crippen molar-refractivity contribution in [3.8, 4) is 0 Å². The number of aliphatic carboxylic acids is 1. The highest BCUT2D eigenvalue weighted by Crippen LogP contribution is 2.14. The fraction of sp³-hybridized carbons (Fsp3) is 0.250. The van der Waals surface area contributed by atoms with Crippen molar-refractivity contribution in [2.75, 3.05) is 0 Å². The van der Waals surface area contributed by atoms with E-state index in [9.17, 15) is 19.5 Å². The minimum absolute atomic E-state index is 0.0357. The molecule has 0 aliphatic carbocycles. The summed E-state index contributed by atoms with van der Waals surface area (Å²) in [6.07, 6.45) is 6.01. The van der Waals surface area contributed by atoms with Gasteiger partial charge in [-0.15, -0.1) is 0 Å². The Morgan fingerprint density at radius 1 is 1.00 bits per heavy atom. The molecule has 3 rings (SSSR count). The third-order valence-corrected chi connectivity index (χ3v) is 5.45. The van der Waals surface area contributed by atoms with Crippen LogP contribution in [0, 0.1) is 12.8 Å². The average molecular weight is 459 g/mol. The van der Waals surface area contributed by atoms with E-state index in [1.165, 1.54) is 0 Å². The topological polar surface area (TPSA) is 88.4 Å². The summed E-state index contributed by atoms with van der Waals surface area (Å²) in [6, 6.07) is 17.2. The number of carboxylic acids is 1. The minimum atomic E-state index is -1.04. The lowest BCUT2D eigenvalue weighted by molar-refractivity contribution is -0.139. The Morgan fingerprint density at radius 3 is 2.41 bits per heavy atom. The van der Waals surface area contributed by atoms with Gasteiger partial charge in [0.25, 0.3) is 5.91 Å². The van der Waals surface area contributed by atoms with Gasteiger partial charge in [-0.05, 0) is 49.1 Å². The second kappa shape index (κ2) is 11.3. The summed E-state index contributed by atoms with van der Waals surface area (Å²) in [7, 11) is 0. The van der Waals surface area contributed by atoms with Crippen molar-refractivity contribution in [1.29, 1.82) is 0 Å². The summed E-state index contributed by atoms with van der Waals surface area (Å²) in [6.45, 7) is 6.30. The van der Waals surface area contributed by atoms with Gasteiger partial charge in [0.1, 0.15) is 6.04 Å². The summed E-state index contributed by atoms with van der Waals surface area (Å²) in [4.78, 5) is 36.9. The molecule has 0 saturated carbocycles. The van der Waals surface area contributed by atoms with Crippen molar-refractivity contribution in [3.05, 3.63) is 101 Å². The SMILES string of the molecule is Cc1ccc(C(=O)c2cccn2C/C=C/c2cccc(C(=O)N[C@@H](CC(C)C)C(=O)O)c2)cc1. The number of hydrogen-bond donors (Lipinski definition) is 2. The Labute approximate surface area is 199 Å². The number of allylic oxidation sites excluding steroid dienone is 1. The first-order chi connectivity index (χ1) is 16.2. The number of nitrogens with zero attached hydrogens (tertiary/aromatic N) is 1. The van der Waals surface area contributed by atoms with Crippen LogP contribution in [0.2, 0.25) is 0 Å². The second-order valence-corrected chi connectivity index (χ2v) is 8.76. The minimum Gasteiger partial charge on any atom is -0.480 e. The van der Waals surface area contributed by atoms with Gasteiger partial charge in [-0.3, -0.25) is 9.59 Å². The molecule has 1 atom stereocenters. The molecule has 3 aromatic rings. The fourth-order valence-corrected chi connectivity index (χ4v) is 3.65. The zero-order valence-electron chi connectivity index (χ0n) is 19.7. The number of nitrogens with one attached hydrogen (secondary N) is 1. The Morgan fingerprint density at radius 2 is 1.74 bits per heavy atom. The number of carboxylic acid groups (broad SMARTS) is 1. The molecule has 176 valence electrons. The zero-order valence-corrected chi connectivity index (χ0v) is 19.7. The van der Waals surface area contributed by atoms with Crippen LogP contribution >= 0.6 is 0 Å². The van der Waals surface area contributed by atoms with Gasteiger partial charge in [0.15, 0.2) is 0 Å². The molecule has 6 heteroatoms. The van der Waals surface area contributed by atoms with Crippen LogP contribution in [0.25, 0.3) is 6.08 Å². The molecule has 2 aromatic carbocycles. The standard InChI is InChI=1S/C28H30N2O4/c1-19(2)17-24(28(33)34)29-27(32)23-9-4-7-21(18-23)8-5-15-30-16-6-10-25(30)26(31)22-13-11-20(3)12-14-22/h4-14,16,18-19,24H,15,17H2,1-3H3,(H,29,32)(H,33,34)/b8-5+/t24-/m0/s1. The second-order valence-electron chi connectivity index (χ2n) is 8.76. The van der Waals surface area contributed by atoms with Gasteiger partial charge in [-0.2, -0.15) is 0 Å². The van der Waals surface area contributed by atoms with E-state index in [1.54, 1.807) is 24.3 Å². The van der Waals surface area contributed by atoms with Crippen LogP contribution < -0.4 is 5.32 Å². The molecule has 0 spiro atoms. The van der Waals surface area contributed by atoms with Crippen molar-refractivity contribution < 1.29 is 19.5 Å². The van der Waals surface area contributed by atoms with Crippen LogP contribution in [0.3, 0.4) is 0 Å². The first-order valence-corrected chi connectivity index (χ1v) is 11.3. The predicted octanol–water partition coefficient (Wildman–Crippen LogP) is 4.97.